The minimum absolute atomic E-state index is 0.0417. The van der Waals surface area contributed by atoms with Crippen LogP contribution in [0, 0.1) is 0 Å². The van der Waals surface area contributed by atoms with E-state index in [-0.39, 0.29) is 22.1 Å². The maximum Gasteiger partial charge on any atom is 0.355 e. The van der Waals surface area contributed by atoms with Crippen molar-refractivity contribution in [3.05, 3.63) is 65.0 Å². The molecule has 0 amide bonds. The number of aliphatic hydroxyl groups excluding tert-OH is 4. The van der Waals surface area contributed by atoms with Crippen LogP contribution in [0.3, 0.4) is 0 Å². The summed E-state index contributed by atoms with van der Waals surface area (Å²) < 4.78 is 15.9. The van der Waals surface area contributed by atoms with Gasteiger partial charge in [0.1, 0.15) is 35.9 Å². The van der Waals surface area contributed by atoms with Gasteiger partial charge >= 0.3 is 5.97 Å². The molecule has 158 valence electrons. The standard InChI is InChI=1S/C21H20O9/c22-9-16-18(24)19(25)20(26)21(27,30-16)29-12-6-7-13-15(8-12)28-10-14(17(13)23)11-4-2-1-3-5-11/h1-8,10,16,18-20,22,24-27H,9H2/t16-,18+,19+,20-,21-/m0/s1. The zero-order chi connectivity index (χ0) is 21.5. The molecule has 5 atom stereocenters. The van der Waals surface area contributed by atoms with Crippen LogP contribution in [-0.4, -0.2) is 62.5 Å². The van der Waals surface area contributed by atoms with Gasteiger partial charge in [-0.2, -0.15) is 0 Å². The molecule has 1 aliphatic heterocycles. The number of rotatable bonds is 4. The van der Waals surface area contributed by atoms with E-state index in [1.54, 1.807) is 24.3 Å². The fourth-order valence-electron chi connectivity index (χ4n) is 3.37. The van der Waals surface area contributed by atoms with Crippen LogP contribution in [-0.2, 0) is 4.74 Å². The van der Waals surface area contributed by atoms with Gasteiger partial charge in [0.15, 0.2) is 11.5 Å². The fraction of sp³-hybridized carbons (Fsp3) is 0.286. The summed E-state index contributed by atoms with van der Waals surface area (Å²) in [7, 11) is 0. The maximum atomic E-state index is 12.8. The molecule has 2 aromatic carbocycles. The van der Waals surface area contributed by atoms with E-state index in [0.717, 1.165) is 0 Å². The average molecular weight is 416 g/mol. The third-order valence-electron chi connectivity index (χ3n) is 5.02. The van der Waals surface area contributed by atoms with Gasteiger partial charge in [-0.1, -0.05) is 30.3 Å². The molecule has 0 bridgehead atoms. The first-order valence-corrected chi connectivity index (χ1v) is 9.19. The molecule has 1 saturated heterocycles. The largest absolute Gasteiger partial charge is 0.463 e. The molecule has 0 saturated carbocycles. The zero-order valence-corrected chi connectivity index (χ0v) is 15.6. The van der Waals surface area contributed by atoms with E-state index in [1.165, 1.54) is 24.5 Å². The monoisotopic (exact) mass is 416 g/mol. The van der Waals surface area contributed by atoms with Crippen LogP contribution >= 0.6 is 0 Å². The molecule has 9 heteroatoms. The molecule has 1 aliphatic rings. The molecule has 0 aliphatic carbocycles. The Morgan fingerprint density at radius 1 is 1.03 bits per heavy atom. The van der Waals surface area contributed by atoms with Crippen LogP contribution < -0.4 is 10.2 Å². The molecule has 0 radical (unpaired) electrons. The lowest BCUT2D eigenvalue weighted by molar-refractivity contribution is -0.422. The molecular weight excluding hydrogens is 396 g/mol. The lowest BCUT2D eigenvalue weighted by Crippen LogP contribution is -2.67. The van der Waals surface area contributed by atoms with Crippen molar-refractivity contribution in [1.29, 1.82) is 0 Å². The third kappa shape index (κ3) is 3.47. The van der Waals surface area contributed by atoms with Crippen LogP contribution in [0.25, 0.3) is 22.1 Å². The van der Waals surface area contributed by atoms with E-state index in [0.29, 0.717) is 11.1 Å². The molecule has 1 fully saturated rings. The summed E-state index contributed by atoms with van der Waals surface area (Å²) in [5.74, 6) is -2.79. The number of aliphatic hydroxyl groups is 5. The second-order valence-corrected chi connectivity index (χ2v) is 7.00. The minimum atomic E-state index is -2.75. The molecule has 0 spiro atoms. The van der Waals surface area contributed by atoms with E-state index in [1.807, 2.05) is 6.07 Å². The Hall–Kier alpha value is -2.79. The molecular formula is C21H20O9. The Bertz CT molecular complexity index is 1090. The van der Waals surface area contributed by atoms with Crippen molar-refractivity contribution in [1.82, 2.24) is 0 Å². The van der Waals surface area contributed by atoms with Gasteiger partial charge in [0, 0.05) is 6.07 Å². The number of ether oxygens (including phenoxy) is 2. The molecule has 4 rings (SSSR count). The van der Waals surface area contributed by atoms with Crippen LogP contribution in [0.4, 0.5) is 0 Å². The molecule has 30 heavy (non-hydrogen) atoms. The van der Waals surface area contributed by atoms with E-state index in [9.17, 15) is 30.3 Å². The summed E-state index contributed by atoms with van der Waals surface area (Å²) in [5, 5.41) is 49.9. The number of fused-ring (bicyclic) bond motifs is 1. The quantitative estimate of drug-likeness (QED) is 0.369. The predicted molar refractivity (Wildman–Crippen MR) is 103 cm³/mol. The van der Waals surface area contributed by atoms with Crippen molar-refractivity contribution < 1.29 is 39.4 Å². The molecule has 1 aromatic heterocycles. The number of hydrogen-bond acceptors (Lipinski definition) is 9. The fourth-order valence-corrected chi connectivity index (χ4v) is 3.37. The Balaban J connectivity index is 1.67. The summed E-state index contributed by atoms with van der Waals surface area (Å²) in [4.78, 5) is 12.8. The average Bonchev–Trinajstić information content (AvgIpc) is 2.76. The van der Waals surface area contributed by atoms with Gasteiger partial charge in [-0.15, -0.1) is 0 Å². The first kappa shape index (κ1) is 20.5. The molecule has 5 N–H and O–H groups in total. The highest BCUT2D eigenvalue weighted by molar-refractivity contribution is 5.82. The topological polar surface area (TPSA) is 150 Å². The Kier molecular flexibility index (Phi) is 5.33. The Labute approximate surface area is 170 Å². The van der Waals surface area contributed by atoms with Crippen LogP contribution in [0.5, 0.6) is 5.75 Å². The SMILES string of the molecule is O=c1c(-c2ccccc2)coc2cc(O[C@]3(O)O[C@@H](CO)[C@@H](O)[C@@H](O)[C@@H]3O)ccc12. The van der Waals surface area contributed by atoms with Crippen molar-refractivity contribution in [3.63, 3.8) is 0 Å². The lowest BCUT2D eigenvalue weighted by atomic mass is 9.98. The summed E-state index contributed by atoms with van der Waals surface area (Å²) >= 11 is 0. The molecule has 3 aromatic rings. The Morgan fingerprint density at radius 2 is 1.77 bits per heavy atom. The van der Waals surface area contributed by atoms with Crippen LogP contribution in [0.15, 0.2) is 64.0 Å². The first-order chi connectivity index (χ1) is 14.3. The maximum absolute atomic E-state index is 12.8. The van der Waals surface area contributed by atoms with Crippen molar-refractivity contribution in [3.8, 4) is 16.9 Å². The second kappa shape index (κ2) is 7.80. The smallest absolute Gasteiger partial charge is 0.355 e. The third-order valence-corrected chi connectivity index (χ3v) is 5.02. The van der Waals surface area contributed by atoms with Gasteiger partial charge in [-0.3, -0.25) is 4.79 Å². The van der Waals surface area contributed by atoms with Gasteiger partial charge in [-0.05, 0) is 17.7 Å². The van der Waals surface area contributed by atoms with E-state index >= 15 is 0 Å². The predicted octanol–water partition coefficient (Wildman–Crippen LogP) is -0.0413. The summed E-state index contributed by atoms with van der Waals surface area (Å²) in [6.07, 6.45) is -5.56. The van der Waals surface area contributed by atoms with E-state index in [2.05, 4.69) is 0 Å². The highest BCUT2D eigenvalue weighted by Gasteiger charge is 2.55. The molecule has 9 nitrogen and oxygen atoms in total. The van der Waals surface area contributed by atoms with Crippen LogP contribution in [0.1, 0.15) is 0 Å². The van der Waals surface area contributed by atoms with Gasteiger partial charge in [-0.25, -0.2) is 0 Å². The van der Waals surface area contributed by atoms with Crippen molar-refractivity contribution >= 4 is 11.0 Å². The Morgan fingerprint density at radius 3 is 2.47 bits per heavy atom. The van der Waals surface area contributed by atoms with Crippen molar-refractivity contribution in [2.24, 2.45) is 0 Å². The van der Waals surface area contributed by atoms with Gasteiger partial charge in [0.2, 0.25) is 0 Å². The normalized spacial score (nSPS) is 29.1. The number of hydrogen-bond donors (Lipinski definition) is 5. The van der Waals surface area contributed by atoms with Gasteiger partial charge in [0.25, 0.3) is 0 Å². The lowest BCUT2D eigenvalue weighted by Gasteiger charge is -2.44. The van der Waals surface area contributed by atoms with Gasteiger partial charge < -0.3 is 39.4 Å². The van der Waals surface area contributed by atoms with E-state index in [4.69, 9.17) is 13.9 Å². The summed E-state index contributed by atoms with van der Waals surface area (Å²) in [5.41, 5.74) is 0.972. The highest BCUT2D eigenvalue weighted by atomic mass is 16.8. The van der Waals surface area contributed by atoms with Crippen LogP contribution in [0.2, 0.25) is 0 Å². The molecule has 2 heterocycles. The minimum Gasteiger partial charge on any atom is -0.463 e. The molecule has 0 unspecified atom stereocenters. The van der Waals surface area contributed by atoms with E-state index < -0.39 is 37.0 Å². The van der Waals surface area contributed by atoms with Gasteiger partial charge in [0.05, 0.1) is 17.6 Å². The summed E-state index contributed by atoms with van der Waals surface area (Å²) in [6, 6.07) is 13.1. The van der Waals surface area contributed by atoms with Crippen molar-refractivity contribution in [2.75, 3.05) is 6.61 Å². The first-order valence-electron chi connectivity index (χ1n) is 9.19. The zero-order valence-electron chi connectivity index (χ0n) is 15.6. The number of benzene rings is 2. The highest BCUT2D eigenvalue weighted by Crippen LogP contribution is 2.32. The summed E-state index contributed by atoms with van der Waals surface area (Å²) in [6.45, 7) is -0.731. The second-order valence-electron chi connectivity index (χ2n) is 7.00. The van der Waals surface area contributed by atoms with Crippen molar-refractivity contribution in [2.45, 2.75) is 30.4 Å².